The number of hydrogen-bond donors (Lipinski definition) is 0. The molecule has 27 heavy (non-hydrogen) atoms. The molecular formula is C20H32N2O5. The van der Waals surface area contributed by atoms with Gasteiger partial charge < -0.3 is 18.9 Å². The molecule has 0 aliphatic heterocycles. The van der Waals surface area contributed by atoms with Gasteiger partial charge in [0.15, 0.2) is 5.78 Å². The molecule has 0 saturated carbocycles. The molecule has 0 aliphatic carbocycles. The zero-order valence-corrected chi connectivity index (χ0v) is 17.7. The lowest BCUT2D eigenvalue weighted by Gasteiger charge is -2.29. The SMILES string of the molecule is COCC(=O)N(CCC(C)C)C(C)C(=O)c1c(C)c(C(=O)OC)n(C)c1C. The fourth-order valence-corrected chi connectivity index (χ4v) is 3.21. The molecule has 0 saturated heterocycles. The topological polar surface area (TPSA) is 77.8 Å². The maximum atomic E-state index is 13.3. The average Bonchev–Trinajstić information content (AvgIpc) is 2.82. The number of esters is 1. The van der Waals surface area contributed by atoms with Gasteiger partial charge in [-0.3, -0.25) is 9.59 Å². The van der Waals surface area contributed by atoms with Gasteiger partial charge in [0, 0.05) is 32.0 Å². The monoisotopic (exact) mass is 380 g/mol. The summed E-state index contributed by atoms with van der Waals surface area (Å²) in [6, 6.07) is -0.656. The third-order valence-corrected chi connectivity index (χ3v) is 4.94. The number of carbonyl (C=O) groups is 3. The van der Waals surface area contributed by atoms with Gasteiger partial charge in [-0.25, -0.2) is 4.79 Å². The van der Waals surface area contributed by atoms with E-state index in [1.807, 2.05) is 0 Å². The average molecular weight is 380 g/mol. The summed E-state index contributed by atoms with van der Waals surface area (Å²) in [6.45, 7) is 9.78. The van der Waals surface area contributed by atoms with Crippen LogP contribution in [0.25, 0.3) is 0 Å². The Morgan fingerprint density at radius 3 is 2.19 bits per heavy atom. The van der Waals surface area contributed by atoms with Crippen molar-refractivity contribution in [2.75, 3.05) is 27.4 Å². The Labute approximate surface area is 161 Å². The summed E-state index contributed by atoms with van der Waals surface area (Å²) in [5.41, 5.74) is 2.06. The van der Waals surface area contributed by atoms with Crippen LogP contribution in [0.2, 0.25) is 0 Å². The Morgan fingerprint density at radius 1 is 1.11 bits per heavy atom. The molecule has 1 aromatic rings. The Hall–Kier alpha value is -2.15. The molecule has 0 bridgehead atoms. The van der Waals surface area contributed by atoms with Crippen molar-refractivity contribution in [3.63, 3.8) is 0 Å². The summed E-state index contributed by atoms with van der Waals surface area (Å²) < 4.78 is 11.5. The van der Waals surface area contributed by atoms with Gasteiger partial charge in [0.1, 0.15) is 12.3 Å². The summed E-state index contributed by atoms with van der Waals surface area (Å²) in [4.78, 5) is 39.4. The van der Waals surface area contributed by atoms with Gasteiger partial charge in [-0.2, -0.15) is 0 Å². The highest BCUT2D eigenvalue weighted by atomic mass is 16.5. The molecule has 1 unspecified atom stereocenters. The molecule has 1 atom stereocenters. The molecule has 0 radical (unpaired) electrons. The number of aromatic nitrogens is 1. The highest BCUT2D eigenvalue weighted by molar-refractivity contribution is 6.06. The molecule has 7 nitrogen and oxygen atoms in total. The van der Waals surface area contributed by atoms with E-state index in [-0.39, 0.29) is 18.3 Å². The molecule has 7 heteroatoms. The van der Waals surface area contributed by atoms with Crippen molar-refractivity contribution in [1.29, 1.82) is 0 Å². The van der Waals surface area contributed by atoms with E-state index >= 15 is 0 Å². The van der Waals surface area contributed by atoms with Crippen LogP contribution < -0.4 is 0 Å². The van der Waals surface area contributed by atoms with Gasteiger partial charge in [0.2, 0.25) is 5.91 Å². The van der Waals surface area contributed by atoms with Crippen LogP contribution in [-0.4, -0.2) is 60.5 Å². The van der Waals surface area contributed by atoms with Crippen LogP contribution >= 0.6 is 0 Å². The summed E-state index contributed by atoms with van der Waals surface area (Å²) in [7, 11) is 4.49. The maximum Gasteiger partial charge on any atom is 0.354 e. The third kappa shape index (κ3) is 4.97. The van der Waals surface area contributed by atoms with Crippen molar-refractivity contribution in [3.8, 4) is 0 Å². The largest absolute Gasteiger partial charge is 0.464 e. The second kappa shape index (κ2) is 9.69. The molecule has 1 amide bonds. The van der Waals surface area contributed by atoms with E-state index in [0.717, 1.165) is 6.42 Å². The van der Waals surface area contributed by atoms with Crippen LogP contribution in [0.15, 0.2) is 0 Å². The van der Waals surface area contributed by atoms with Gasteiger partial charge in [-0.1, -0.05) is 13.8 Å². The molecular weight excluding hydrogens is 348 g/mol. The molecule has 1 rings (SSSR count). The normalized spacial score (nSPS) is 12.2. The van der Waals surface area contributed by atoms with Crippen molar-refractivity contribution in [3.05, 3.63) is 22.5 Å². The minimum Gasteiger partial charge on any atom is -0.464 e. The Bertz CT molecular complexity index is 706. The first kappa shape index (κ1) is 22.9. The number of rotatable bonds is 9. The van der Waals surface area contributed by atoms with Crippen molar-refractivity contribution in [2.45, 2.75) is 47.1 Å². The van der Waals surface area contributed by atoms with Crippen molar-refractivity contribution < 1.29 is 23.9 Å². The molecule has 1 aromatic heterocycles. The zero-order chi connectivity index (χ0) is 20.9. The summed E-state index contributed by atoms with van der Waals surface area (Å²) in [5.74, 6) is -0.504. The minimum absolute atomic E-state index is 0.0735. The minimum atomic E-state index is -0.656. The number of nitrogens with zero attached hydrogens (tertiary/aromatic N) is 2. The van der Waals surface area contributed by atoms with Crippen LogP contribution in [0.1, 0.15) is 59.3 Å². The van der Waals surface area contributed by atoms with E-state index < -0.39 is 12.0 Å². The number of amides is 1. The van der Waals surface area contributed by atoms with Crippen LogP contribution in [0, 0.1) is 19.8 Å². The highest BCUT2D eigenvalue weighted by Gasteiger charge is 2.32. The predicted octanol–water partition coefficient (Wildman–Crippen LogP) is 2.52. The van der Waals surface area contributed by atoms with Gasteiger partial charge in [0.25, 0.3) is 0 Å². The number of methoxy groups -OCH3 is 2. The van der Waals surface area contributed by atoms with E-state index in [0.29, 0.717) is 35.0 Å². The van der Waals surface area contributed by atoms with E-state index in [1.165, 1.54) is 14.2 Å². The highest BCUT2D eigenvalue weighted by Crippen LogP contribution is 2.25. The summed E-state index contributed by atoms with van der Waals surface area (Å²) in [5, 5.41) is 0. The molecule has 0 spiro atoms. The Morgan fingerprint density at radius 2 is 1.70 bits per heavy atom. The first-order chi connectivity index (χ1) is 12.6. The van der Waals surface area contributed by atoms with Crippen LogP contribution in [0.5, 0.6) is 0 Å². The van der Waals surface area contributed by atoms with E-state index in [9.17, 15) is 14.4 Å². The van der Waals surface area contributed by atoms with Crippen molar-refractivity contribution >= 4 is 17.7 Å². The van der Waals surface area contributed by atoms with Crippen LogP contribution in [0.4, 0.5) is 0 Å². The number of Topliss-reactive ketones (excluding diaryl/α,β-unsaturated/α-hetero) is 1. The van der Waals surface area contributed by atoms with Crippen LogP contribution in [-0.2, 0) is 21.3 Å². The van der Waals surface area contributed by atoms with Gasteiger partial charge >= 0.3 is 5.97 Å². The second-order valence-corrected chi connectivity index (χ2v) is 7.23. The number of ether oxygens (including phenoxy) is 2. The Kier molecular flexibility index (Phi) is 8.21. The van der Waals surface area contributed by atoms with Gasteiger partial charge in [-0.05, 0) is 38.7 Å². The fourth-order valence-electron chi connectivity index (χ4n) is 3.21. The van der Waals surface area contributed by atoms with Gasteiger partial charge in [0.05, 0.1) is 13.2 Å². The quantitative estimate of drug-likeness (QED) is 0.486. The lowest BCUT2D eigenvalue weighted by molar-refractivity contribution is -0.136. The lowest BCUT2D eigenvalue weighted by Crippen LogP contribution is -2.46. The Balaban J connectivity index is 3.28. The van der Waals surface area contributed by atoms with Crippen molar-refractivity contribution in [2.24, 2.45) is 13.0 Å². The predicted molar refractivity (Wildman–Crippen MR) is 103 cm³/mol. The molecule has 0 N–H and O–H groups in total. The molecule has 1 heterocycles. The number of carbonyl (C=O) groups excluding carboxylic acids is 3. The lowest BCUT2D eigenvalue weighted by atomic mass is 9.99. The van der Waals surface area contributed by atoms with E-state index in [4.69, 9.17) is 9.47 Å². The first-order valence-corrected chi connectivity index (χ1v) is 9.15. The fraction of sp³-hybridized carbons (Fsp3) is 0.650. The zero-order valence-electron chi connectivity index (χ0n) is 17.7. The van der Waals surface area contributed by atoms with Crippen LogP contribution in [0.3, 0.4) is 0 Å². The molecule has 0 aliphatic rings. The molecule has 0 fully saturated rings. The number of hydrogen-bond acceptors (Lipinski definition) is 5. The smallest absolute Gasteiger partial charge is 0.354 e. The third-order valence-electron chi connectivity index (χ3n) is 4.94. The molecule has 0 aromatic carbocycles. The molecule has 152 valence electrons. The first-order valence-electron chi connectivity index (χ1n) is 9.15. The van der Waals surface area contributed by atoms with Crippen molar-refractivity contribution in [1.82, 2.24) is 9.47 Å². The summed E-state index contributed by atoms with van der Waals surface area (Å²) in [6.07, 6.45) is 0.785. The van der Waals surface area contributed by atoms with E-state index in [1.54, 1.807) is 37.3 Å². The maximum absolute atomic E-state index is 13.3. The van der Waals surface area contributed by atoms with E-state index in [2.05, 4.69) is 13.8 Å². The summed E-state index contributed by atoms with van der Waals surface area (Å²) >= 11 is 0. The van der Waals surface area contributed by atoms with Gasteiger partial charge in [-0.15, -0.1) is 0 Å². The standard InChI is InChI=1S/C20H32N2O5/c1-12(2)9-10-22(16(23)11-26-7)15(5)19(24)17-13(3)18(20(25)27-8)21(6)14(17)4/h12,15H,9-11H2,1-8H3. The second-order valence-electron chi connectivity index (χ2n) is 7.23. The number of ketones is 1.